The van der Waals surface area contributed by atoms with Crippen LogP contribution in [-0.4, -0.2) is 28.7 Å². The molecule has 0 N–H and O–H groups in total. The lowest BCUT2D eigenvalue weighted by molar-refractivity contribution is -0.164. The minimum absolute atomic E-state index is 0.0418. The molecule has 4 aliphatic carbocycles. The number of anilines is 1. The fourth-order valence-electron chi connectivity index (χ4n) is 7.82. The molecule has 3 amide bonds. The summed E-state index contributed by atoms with van der Waals surface area (Å²) < 4.78 is 1.04. The first-order valence-corrected chi connectivity index (χ1v) is 13.9. The third-order valence-electron chi connectivity index (χ3n) is 8.97. The summed E-state index contributed by atoms with van der Waals surface area (Å²) in [6.45, 7) is 2.01. The van der Waals surface area contributed by atoms with Crippen LogP contribution >= 0.6 is 22.6 Å². The third kappa shape index (κ3) is 3.92. The fourth-order valence-corrected chi connectivity index (χ4v) is 8.18. The zero-order valence-corrected chi connectivity index (χ0v) is 22.2. The highest BCUT2D eigenvalue weighted by atomic mass is 127. The number of hydrogen-bond donors (Lipinski definition) is 0. The van der Waals surface area contributed by atoms with Crippen molar-refractivity contribution in [2.75, 3.05) is 4.90 Å². The monoisotopic (exact) mass is 582 g/mol. The SMILES string of the molecule is CC(c1ccccc1)N(C(=O)C12CC3CC(CC(C3)C1)C2)C1CC(=O)N(c2ccc(I)cc2)C1=O. The van der Waals surface area contributed by atoms with Gasteiger partial charge in [0.25, 0.3) is 5.91 Å². The highest BCUT2D eigenvalue weighted by Gasteiger charge is 2.58. The molecule has 2 atom stereocenters. The number of imide groups is 1. The Balaban J connectivity index is 1.38. The van der Waals surface area contributed by atoms with Crippen LogP contribution in [0.15, 0.2) is 54.6 Å². The first-order chi connectivity index (χ1) is 16.8. The maximum atomic E-state index is 14.6. The fraction of sp³-hybridized carbons (Fsp3) is 0.483. The Hall–Kier alpha value is -2.22. The van der Waals surface area contributed by atoms with Crippen molar-refractivity contribution in [3.63, 3.8) is 0 Å². The summed E-state index contributed by atoms with van der Waals surface area (Å²) >= 11 is 2.21. The van der Waals surface area contributed by atoms with Crippen LogP contribution in [0.25, 0.3) is 0 Å². The van der Waals surface area contributed by atoms with Gasteiger partial charge in [-0.1, -0.05) is 30.3 Å². The van der Waals surface area contributed by atoms with Crippen LogP contribution in [0.1, 0.15) is 63.5 Å². The van der Waals surface area contributed by atoms with Crippen molar-refractivity contribution in [1.29, 1.82) is 0 Å². The molecule has 1 heterocycles. The van der Waals surface area contributed by atoms with Crippen LogP contribution in [0, 0.1) is 26.7 Å². The first-order valence-electron chi connectivity index (χ1n) is 12.8. The van der Waals surface area contributed by atoms with Gasteiger partial charge in [-0.2, -0.15) is 0 Å². The topological polar surface area (TPSA) is 57.7 Å². The Morgan fingerprint density at radius 2 is 1.51 bits per heavy atom. The van der Waals surface area contributed by atoms with Gasteiger partial charge in [-0.15, -0.1) is 0 Å². The third-order valence-corrected chi connectivity index (χ3v) is 9.69. The van der Waals surface area contributed by atoms with Gasteiger partial charge in [0.2, 0.25) is 11.8 Å². The van der Waals surface area contributed by atoms with Gasteiger partial charge >= 0.3 is 0 Å². The van der Waals surface area contributed by atoms with Gasteiger partial charge in [0, 0.05) is 3.57 Å². The Labute approximate surface area is 220 Å². The summed E-state index contributed by atoms with van der Waals surface area (Å²) in [4.78, 5) is 44.7. The molecule has 6 heteroatoms. The van der Waals surface area contributed by atoms with E-state index in [0.717, 1.165) is 28.4 Å². The summed E-state index contributed by atoms with van der Waals surface area (Å²) in [6, 6.07) is 16.3. The average molecular weight is 582 g/mol. The van der Waals surface area contributed by atoms with Crippen LogP contribution < -0.4 is 4.90 Å². The number of benzene rings is 2. The Bertz CT molecular complexity index is 1130. The first kappa shape index (κ1) is 23.2. The molecule has 5 aliphatic rings. The van der Waals surface area contributed by atoms with Crippen molar-refractivity contribution in [2.24, 2.45) is 23.2 Å². The lowest BCUT2D eigenvalue weighted by Crippen LogP contribution is -2.58. The molecule has 1 saturated heterocycles. The molecule has 182 valence electrons. The van der Waals surface area contributed by atoms with Crippen molar-refractivity contribution >= 4 is 46.0 Å². The molecule has 1 aliphatic heterocycles. The van der Waals surface area contributed by atoms with Crippen molar-refractivity contribution < 1.29 is 14.4 Å². The van der Waals surface area contributed by atoms with Gasteiger partial charge in [-0.05, 0) is 116 Å². The molecule has 0 aromatic heterocycles. The summed E-state index contributed by atoms with van der Waals surface area (Å²) in [5.41, 5.74) is 1.20. The molecular formula is C29H31IN2O3. The van der Waals surface area contributed by atoms with E-state index in [2.05, 4.69) is 22.6 Å². The molecular weight excluding hydrogens is 551 g/mol. The molecule has 0 radical (unpaired) electrons. The maximum Gasteiger partial charge on any atom is 0.257 e. The lowest BCUT2D eigenvalue weighted by Gasteiger charge is -2.57. The average Bonchev–Trinajstić information content (AvgIpc) is 3.13. The molecule has 4 bridgehead atoms. The highest BCUT2D eigenvalue weighted by molar-refractivity contribution is 14.1. The van der Waals surface area contributed by atoms with Crippen LogP contribution in [0.5, 0.6) is 0 Å². The number of amides is 3. The molecule has 0 spiro atoms. The van der Waals surface area contributed by atoms with Gasteiger partial charge in [-0.3, -0.25) is 14.4 Å². The zero-order chi connectivity index (χ0) is 24.3. The quantitative estimate of drug-likeness (QED) is 0.335. The maximum absolute atomic E-state index is 14.6. The van der Waals surface area contributed by atoms with Crippen LogP contribution in [0.3, 0.4) is 0 Å². The number of halogens is 1. The number of nitrogens with zero attached hydrogens (tertiary/aromatic N) is 2. The molecule has 4 saturated carbocycles. The summed E-state index contributed by atoms with van der Waals surface area (Å²) in [7, 11) is 0. The van der Waals surface area contributed by atoms with Gasteiger partial charge in [-0.25, -0.2) is 4.90 Å². The van der Waals surface area contributed by atoms with E-state index in [1.807, 2.05) is 66.4 Å². The van der Waals surface area contributed by atoms with E-state index in [0.29, 0.717) is 23.4 Å². The van der Waals surface area contributed by atoms with Crippen LogP contribution in [0.4, 0.5) is 5.69 Å². The van der Waals surface area contributed by atoms with Crippen molar-refractivity contribution in [3.05, 3.63) is 63.7 Å². The minimum Gasteiger partial charge on any atom is -0.323 e. The van der Waals surface area contributed by atoms with Gasteiger partial charge in [0.15, 0.2) is 0 Å². The molecule has 2 unspecified atom stereocenters. The number of carbonyl (C=O) groups is 3. The van der Waals surface area contributed by atoms with E-state index in [1.165, 1.54) is 24.2 Å². The van der Waals surface area contributed by atoms with Crippen molar-refractivity contribution in [1.82, 2.24) is 4.90 Å². The van der Waals surface area contributed by atoms with Crippen molar-refractivity contribution in [3.8, 4) is 0 Å². The van der Waals surface area contributed by atoms with E-state index >= 15 is 0 Å². The number of hydrogen-bond acceptors (Lipinski definition) is 3. The Kier molecular flexibility index (Phi) is 5.78. The predicted octanol–water partition coefficient (Wildman–Crippen LogP) is 5.73. The normalized spacial score (nSPS) is 32.2. The summed E-state index contributed by atoms with van der Waals surface area (Å²) in [6.07, 6.45) is 6.61. The highest BCUT2D eigenvalue weighted by Crippen LogP contribution is 2.61. The smallest absolute Gasteiger partial charge is 0.257 e. The Morgan fingerprint density at radius 3 is 2.09 bits per heavy atom. The van der Waals surface area contributed by atoms with Crippen LogP contribution in [0.2, 0.25) is 0 Å². The second kappa shape index (κ2) is 8.71. The molecule has 35 heavy (non-hydrogen) atoms. The number of carbonyl (C=O) groups excluding carboxylic acids is 3. The number of rotatable bonds is 5. The van der Waals surface area contributed by atoms with Gasteiger partial charge in [0.1, 0.15) is 6.04 Å². The molecule has 2 aromatic carbocycles. The zero-order valence-electron chi connectivity index (χ0n) is 20.0. The van der Waals surface area contributed by atoms with Gasteiger partial charge in [0.05, 0.1) is 23.6 Å². The van der Waals surface area contributed by atoms with E-state index in [4.69, 9.17) is 0 Å². The van der Waals surface area contributed by atoms with E-state index in [9.17, 15) is 14.4 Å². The van der Waals surface area contributed by atoms with E-state index in [1.54, 1.807) is 0 Å². The second-order valence-corrected chi connectivity index (χ2v) is 12.5. The van der Waals surface area contributed by atoms with Crippen molar-refractivity contribution in [2.45, 2.75) is 64.0 Å². The lowest BCUT2D eigenvalue weighted by atomic mass is 9.49. The van der Waals surface area contributed by atoms with Gasteiger partial charge < -0.3 is 4.90 Å². The molecule has 7 rings (SSSR count). The largest absolute Gasteiger partial charge is 0.323 e. The predicted molar refractivity (Wildman–Crippen MR) is 142 cm³/mol. The van der Waals surface area contributed by atoms with E-state index in [-0.39, 0.29) is 35.6 Å². The second-order valence-electron chi connectivity index (χ2n) is 11.3. The molecule has 2 aromatic rings. The minimum atomic E-state index is -0.766. The summed E-state index contributed by atoms with van der Waals surface area (Å²) in [5, 5.41) is 0. The molecule has 5 nitrogen and oxygen atoms in total. The standard InChI is InChI=1S/C29H31IN2O3/c1-18(22-5-3-2-4-6-22)31(28(35)29-15-19-11-20(16-29)13-21(12-19)17-29)25-14-26(33)32(27(25)34)24-9-7-23(30)8-10-24/h2-10,18-21,25H,11-17H2,1H3. The van der Waals surface area contributed by atoms with Crippen LogP contribution in [-0.2, 0) is 14.4 Å². The van der Waals surface area contributed by atoms with E-state index < -0.39 is 6.04 Å². The summed E-state index contributed by atoms with van der Waals surface area (Å²) in [5.74, 6) is 1.47. The Morgan fingerprint density at radius 1 is 0.943 bits per heavy atom. The molecule has 5 fully saturated rings.